The first-order valence-electron chi connectivity index (χ1n) is 5.73. The molecule has 0 aliphatic rings. The molecule has 0 spiro atoms. The summed E-state index contributed by atoms with van der Waals surface area (Å²) in [6, 6.07) is 5.75. The number of hydrogen-bond donors (Lipinski definition) is 1. The van der Waals surface area contributed by atoms with Gasteiger partial charge < -0.3 is 10.1 Å². The summed E-state index contributed by atoms with van der Waals surface area (Å²) in [6.45, 7) is 2.50. The van der Waals surface area contributed by atoms with Crippen molar-refractivity contribution in [3.8, 4) is 5.75 Å². The Labute approximate surface area is 114 Å². The molecule has 2 rings (SSSR count). The van der Waals surface area contributed by atoms with Crippen LogP contribution in [-0.2, 0) is 0 Å². The molecule has 0 radical (unpaired) electrons. The lowest BCUT2D eigenvalue weighted by molar-refractivity contribution is 0.0950. The Morgan fingerprint density at radius 2 is 2.16 bits per heavy atom. The fraction of sp³-hybridized carbons (Fsp3) is 0.231. The van der Waals surface area contributed by atoms with E-state index in [0.29, 0.717) is 23.8 Å². The minimum absolute atomic E-state index is 0.150. The molecule has 1 heterocycles. The summed E-state index contributed by atoms with van der Waals surface area (Å²) >= 11 is 1.31. The predicted molar refractivity (Wildman–Crippen MR) is 71.1 cm³/mol. The van der Waals surface area contributed by atoms with Crippen LogP contribution in [0.2, 0.25) is 0 Å². The van der Waals surface area contributed by atoms with Gasteiger partial charge in [-0.3, -0.25) is 4.79 Å². The first-order valence-corrected chi connectivity index (χ1v) is 6.61. The Balaban J connectivity index is 1.74. The highest BCUT2D eigenvalue weighted by Crippen LogP contribution is 2.12. The van der Waals surface area contributed by atoms with E-state index in [9.17, 15) is 9.18 Å². The van der Waals surface area contributed by atoms with E-state index in [1.54, 1.807) is 24.6 Å². The van der Waals surface area contributed by atoms with Crippen LogP contribution < -0.4 is 10.1 Å². The zero-order valence-electron chi connectivity index (χ0n) is 10.4. The van der Waals surface area contributed by atoms with Crippen LogP contribution in [0.25, 0.3) is 0 Å². The monoisotopic (exact) mass is 280 g/mol. The van der Waals surface area contributed by atoms with E-state index >= 15 is 0 Å². The highest BCUT2D eigenvalue weighted by atomic mass is 32.1. The summed E-state index contributed by atoms with van der Waals surface area (Å²) in [5, 5.41) is 2.74. The molecule has 0 fully saturated rings. The van der Waals surface area contributed by atoms with Crippen LogP contribution in [0.15, 0.2) is 29.8 Å². The lowest BCUT2D eigenvalue weighted by Crippen LogP contribution is -2.27. The SMILES string of the molecule is Cc1ncsc1C(=O)NCCOc1ccc(F)cc1. The highest BCUT2D eigenvalue weighted by Gasteiger charge is 2.10. The molecular weight excluding hydrogens is 267 g/mol. The summed E-state index contributed by atoms with van der Waals surface area (Å²) < 4.78 is 18.0. The first kappa shape index (κ1) is 13.5. The predicted octanol–water partition coefficient (Wildman–Crippen LogP) is 2.40. The summed E-state index contributed by atoms with van der Waals surface area (Å²) in [4.78, 5) is 16.4. The molecule has 0 atom stereocenters. The fourth-order valence-electron chi connectivity index (χ4n) is 1.46. The number of benzene rings is 1. The third kappa shape index (κ3) is 3.75. The van der Waals surface area contributed by atoms with E-state index in [1.807, 2.05) is 0 Å². The van der Waals surface area contributed by atoms with Gasteiger partial charge in [0.15, 0.2) is 0 Å². The molecule has 1 amide bonds. The fourth-order valence-corrected chi connectivity index (χ4v) is 2.18. The second kappa shape index (κ2) is 6.29. The Morgan fingerprint density at radius 3 is 2.79 bits per heavy atom. The van der Waals surface area contributed by atoms with Gasteiger partial charge in [-0.15, -0.1) is 11.3 Å². The summed E-state index contributed by atoms with van der Waals surface area (Å²) in [5.41, 5.74) is 2.36. The van der Waals surface area contributed by atoms with Gasteiger partial charge in [-0.1, -0.05) is 0 Å². The van der Waals surface area contributed by atoms with E-state index in [0.717, 1.165) is 5.69 Å². The van der Waals surface area contributed by atoms with Gasteiger partial charge in [0, 0.05) is 0 Å². The van der Waals surface area contributed by atoms with Crippen molar-refractivity contribution >= 4 is 17.2 Å². The summed E-state index contributed by atoms with van der Waals surface area (Å²) in [7, 11) is 0. The molecule has 0 bridgehead atoms. The summed E-state index contributed by atoms with van der Waals surface area (Å²) in [6.07, 6.45) is 0. The van der Waals surface area contributed by atoms with Gasteiger partial charge in [0.05, 0.1) is 17.7 Å². The number of carbonyl (C=O) groups is 1. The van der Waals surface area contributed by atoms with Gasteiger partial charge in [0.2, 0.25) is 0 Å². The molecule has 0 saturated heterocycles. The number of rotatable bonds is 5. The molecule has 0 saturated carbocycles. The van der Waals surface area contributed by atoms with Gasteiger partial charge in [-0.05, 0) is 31.2 Å². The molecule has 19 heavy (non-hydrogen) atoms. The normalized spacial score (nSPS) is 10.2. The van der Waals surface area contributed by atoms with Crippen molar-refractivity contribution in [1.29, 1.82) is 0 Å². The molecule has 100 valence electrons. The average Bonchev–Trinajstić information content (AvgIpc) is 2.83. The number of hydrogen-bond acceptors (Lipinski definition) is 4. The number of nitrogens with one attached hydrogen (secondary N) is 1. The lowest BCUT2D eigenvalue weighted by atomic mass is 10.3. The van der Waals surface area contributed by atoms with Crippen LogP contribution in [0.5, 0.6) is 5.75 Å². The number of ether oxygens (including phenoxy) is 1. The van der Waals surface area contributed by atoms with Crippen molar-refractivity contribution in [2.45, 2.75) is 6.92 Å². The molecular formula is C13H13FN2O2S. The second-order valence-corrected chi connectivity index (χ2v) is 4.68. The maximum Gasteiger partial charge on any atom is 0.263 e. The van der Waals surface area contributed by atoms with E-state index in [1.165, 1.54) is 23.5 Å². The Morgan fingerprint density at radius 1 is 1.42 bits per heavy atom. The number of nitrogens with zero attached hydrogens (tertiary/aromatic N) is 1. The molecule has 6 heteroatoms. The molecule has 4 nitrogen and oxygen atoms in total. The number of aromatic nitrogens is 1. The molecule has 0 unspecified atom stereocenters. The maximum absolute atomic E-state index is 12.7. The van der Waals surface area contributed by atoms with Crippen molar-refractivity contribution in [2.24, 2.45) is 0 Å². The van der Waals surface area contributed by atoms with Crippen molar-refractivity contribution in [1.82, 2.24) is 10.3 Å². The van der Waals surface area contributed by atoms with Crippen LogP contribution in [0.1, 0.15) is 15.4 Å². The third-order valence-electron chi connectivity index (χ3n) is 2.42. The topological polar surface area (TPSA) is 51.2 Å². The van der Waals surface area contributed by atoms with E-state index in [-0.39, 0.29) is 11.7 Å². The number of thiazole rings is 1. The third-order valence-corrected chi connectivity index (χ3v) is 3.35. The number of carbonyl (C=O) groups excluding carboxylic acids is 1. The van der Waals surface area contributed by atoms with Crippen LogP contribution >= 0.6 is 11.3 Å². The number of amides is 1. The van der Waals surface area contributed by atoms with Crippen LogP contribution in [0, 0.1) is 12.7 Å². The summed E-state index contributed by atoms with van der Waals surface area (Å²) in [5.74, 6) is 0.119. The van der Waals surface area contributed by atoms with Gasteiger partial charge in [0.25, 0.3) is 5.91 Å². The maximum atomic E-state index is 12.7. The standard InChI is InChI=1S/C13H13FN2O2S/c1-9-12(19-8-16-9)13(17)15-6-7-18-11-4-2-10(14)3-5-11/h2-5,8H,6-7H2,1H3,(H,15,17). The van der Waals surface area contributed by atoms with Crippen LogP contribution in [0.4, 0.5) is 4.39 Å². The highest BCUT2D eigenvalue weighted by molar-refractivity contribution is 7.11. The van der Waals surface area contributed by atoms with Gasteiger partial charge in [-0.25, -0.2) is 9.37 Å². The first-order chi connectivity index (χ1) is 9.16. The largest absolute Gasteiger partial charge is 0.492 e. The smallest absolute Gasteiger partial charge is 0.263 e. The Bertz CT molecular complexity index is 554. The molecule has 2 aromatic rings. The van der Waals surface area contributed by atoms with Crippen molar-refractivity contribution in [2.75, 3.05) is 13.2 Å². The number of aryl methyl sites for hydroxylation is 1. The van der Waals surface area contributed by atoms with Crippen molar-refractivity contribution in [3.05, 3.63) is 46.2 Å². The molecule has 1 aromatic carbocycles. The molecule has 0 aliphatic heterocycles. The zero-order chi connectivity index (χ0) is 13.7. The molecule has 0 aliphatic carbocycles. The average molecular weight is 280 g/mol. The van der Waals surface area contributed by atoms with Crippen molar-refractivity contribution in [3.63, 3.8) is 0 Å². The second-order valence-electron chi connectivity index (χ2n) is 3.83. The van der Waals surface area contributed by atoms with E-state index in [4.69, 9.17) is 4.74 Å². The molecule has 1 aromatic heterocycles. The number of halogens is 1. The van der Waals surface area contributed by atoms with Gasteiger partial charge in [0.1, 0.15) is 23.1 Å². The molecule has 1 N–H and O–H groups in total. The minimum atomic E-state index is -0.304. The Kier molecular flexibility index (Phi) is 4.46. The van der Waals surface area contributed by atoms with Crippen molar-refractivity contribution < 1.29 is 13.9 Å². The van der Waals surface area contributed by atoms with E-state index in [2.05, 4.69) is 10.3 Å². The van der Waals surface area contributed by atoms with Crippen LogP contribution in [-0.4, -0.2) is 24.0 Å². The van der Waals surface area contributed by atoms with Gasteiger partial charge in [-0.2, -0.15) is 0 Å². The van der Waals surface area contributed by atoms with Gasteiger partial charge >= 0.3 is 0 Å². The minimum Gasteiger partial charge on any atom is -0.492 e. The van der Waals surface area contributed by atoms with Crippen LogP contribution in [0.3, 0.4) is 0 Å². The Hall–Kier alpha value is -1.95. The van der Waals surface area contributed by atoms with E-state index < -0.39 is 0 Å². The lowest BCUT2D eigenvalue weighted by Gasteiger charge is -2.07. The quantitative estimate of drug-likeness (QED) is 0.856. The zero-order valence-corrected chi connectivity index (χ0v) is 11.2.